The second kappa shape index (κ2) is 13.6. The highest BCUT2D eigenvalue weighted by molar-refractivity contribution is 8.15. The quantitative estimate of drug-likeness (QED) is 0.257. The molecule has 9 nitrogen and oxygen atoms in total. The van der Waals surface area contributed by atoms with Crippen molar-refractivity contribution in [1.29, 1.82) is 0 Å². The van der Waals surface area contributed by atoms with Gasteiger partial charge in [0, 0.05) is 17.4 Å². The normalized spacial score (nSPS) is 14.9. The van der Waals surface area contributed by atoms with Crippen molar-refractivity contribution in [1.82, 2.24) is 5.32 Å². The Morgan fingerprint density at radius 1 is 1.02 bits per heavy atom. The van der Waals surface area contributed by atoms with Crippen molar-refractivity contribution < 1.29 is 32.3 Å². The molecule has 0 aliphatic carbocycles. The van der Waals surface area contributed by atoms with Gasteiger partial charge in [0.25, 0.3) is 0 Å². The summed E-state index contributed by atoms with van der Waals surface area (Å²) >= 11 is 1.23. The smallest absolute Gasteiger partial charge is 0.406 e. The van der Waals surface area contributed by atoms with Crippen LogP contribution in [-0.4, -0.2) is 41.3 Å². The third-order valence-electron chi connectivity index (χ3n) is 6.36. The highest BCUT2D eigenvalue weighted by Gasteiger charge is 2.33. The van der Waals surface area contributed by atoms with Gasteiger partial charge in [-0.3, -0.25) is 9.69 Å². The predicted molar refractivity (Wildman–Crippen MR) is 162 cm³/mol. The first-order chi connectivity index (χ1) is 20.4. The van der Waals surface area contributed by atoms with Gasteiger partial charge in [0.05, 0.1) is 11.4 Å². The maximum Gasteiger partial charge on any atom is 0.573 e. The van der Waals surface area contributed by atoms with E-state index in [9.17, 15) is 27.6 Å². The lowest BCUT2D eigenvalue weighted by Gasteiger charge is -2.22. The molecule has 1 atom stereocenters. The number of nitrogens with zero attached hydrogens (tertiary/aromatic N) is 2. The molecule has 1 fully saturated rings. The van der Waals surface area contributed by atoms with E-state index >= 15 is 0 Å². The highest BCUT2D eigenvalue weighted by Crippen LogP contribution is 2.33. The van der Waals surface area contributed by atoms with Crippen molar-refractivity contribution in [3.8, 4) is 5.75 Å². The number of thioether (sulfide) groups is 1. The van der Waals surface area contributed by atoms with Crippen LogP contribution in [0.25, 0.3) is 0 Å². The first kappa shape index (κ1) is 31.4. The van der Waals surface area contributed by atoms with Crippen LogP contribution in [0.15, 0.2) is 71.7 Å². The number of urea groups is 2. The first-order valence-electron chi connectivity index (χ1n) is 13.4. The molecule has 1 aliphatic heterocycles. The van der Waals surface area contributed by atoms with E-state index < -0.39 is 24.2 Å². The van der Waals surface area contributed by atoms with Crippen molar-refractivity contribution in [3.05, 3.63) is 83.4 Å². The minimum absolute atomic E-state index is 0.121. The van der Waals surface area contributed by atoms with E-state index in [0.29, 0.717) is 17.3 Å². The molecule has 0 saturated carbocycles. The lowest BCUT2D eigenvalue weighted by atomic mass is 10.0. The van der Waals surface area contributed by atoms with Crippen LogP contribution >= 0.6 is 11.8 Å². The number of aryl methyl sites for hydroxylation is 2. The summed E-state index contributed by atoms with van der Waals surface area (Å²) in [5.41, 5.74) is 4.38. The number of aliphatic imine (C=N–C) groups is 1. The topological polar surface area (TPSA) is 112 Å². The van der Waals surface area contributed by atoms with Crippen LogP contribution in [0.3, 0.4) is 0 Å². The zero-order chi connectivity index (χ0) is 31.1. The van der Waals surface area contributed by atoms with Gasteiger partial charge in [-0.15, -0.1) is 13.2 Å². The second-order valence-corrected chi connectivity index (χ2v) is 10.7. The Labute approximate surface area is 250 Å². The molecule has 0 radical (unpaired) electrons. The Morgan fingerprint density at radius 2 is 1.65 bits per heavy atom. The molecule has 0 aromatic heterocycles. The number of carbonyl (C=O) groups is 3. The Hall–Kier alpha value is -4.52. The van der Waals surface area contributed by atoms with Gasteiger partial charge in [0.15, 0.2) is 5.17 Å². The average Bonchev–Trinajstić information content (AvgIpc) is 3.28. The van der Waals surface area contributed by atoms with Crippen molar-refractivity contribution in [2.45, 2.75) is 46.0 Å². The minimum atomic E-state index is -4.80. The molecular formula is C30H30F3N5O4S. The molecule has 3 N–H and O–H groups in total. The van der Waals surface area contributed by atoms with E-state index in [0.717, 1.165) is 40.9 Å². The maximum atomic E-state index is 12.8. The van der Waals surface area contributed by atoms with Gasteiger partial charge in [0.2, 0.25) is 5.91 Å². The monoisotopic (exact) mass is 613 g/mol. The zero-order valence-corrected chi connectivity index (χ0v) is 24.4. The standard InChI is InChI=1S/C30H30F3N5O4S/c1-4-21-7-5-6-18(2)26(21)38-25(39)17-43-29(38)37-27(40)34-19(3)16-20-8-10-22(11-9-20)35-28(41)36-23-12-14-24(15-13-23)42-30(31,32)33/h5-15,19H,4,16-17H2,1-3H3,(H,34,40)(H2,35,36,41)/b37-29-. The van der Waals surface area contributed by atoms with Crippen LogP contribution in [0.5, 0.6) is 5.75 Å². The molecule has 0 bridgehead atoms. The van der Waals surface area contributed by atoms with Crippen LogP contribution in [0.2, 0.25) is 0 Å². The molecule has 4 rings (SSSR count). The fraction of sp³-hybridized carbons (Fsp3) is 0.267. The van der Waals surface area contributed by atoms with E-state index in [2.05, 4.69) is 25.7 Å². The second-order valence-electron chi connectivity index (χ2n) is 9.75. The first-order valence-corrected chi connectivity index (χ1v) is 14.4. The fourth-order valence-corrected chi connectivity index (χ4v) is 5.33. The van der Waals surface area contributed by atoms with Crippen molar-refractivity contribution >= 4 is 52.0 Å². The third kappa shape index (κ3) is 8.74. The maximum absolute atomic E-state index is 12.8. The molecule has 3 aromatic carbocycles. The Morgan fingerprint density at radius 3 is 2.26 bits per heavy atom. The van der Waals surface area contributed by atoms with Crippen LogP contribution in [0.1, 0.15) is 30.5 Å². The minimum Gasteiger partial charge on any atom is -0.406 e. The van der Waals surface area contributed by atoms with E-state index in [1.165, 1.54) is 28.8 Å². The van der Waals surface area contributed by atoms with Gasteiger partial charge in [-0.05, 0) is 79.8 Å². The molecule has 0 spiro atoms. The van der Waals surface area contributed by atoms with E-state index in [1.807, 2.05) is 39.0 Å². The SMILES string of the molecule is CCc1cccc(C)c1N1C(=O)CS/C1=N\C(=O)NC(C)Cc1ccc(NC(=O)Nc2ccc(OC(F)(F)F)cc2)cc1. The number of nitrogens with one attached hydrogen (secondary N) is 3. The Balaban J connectivity index is 1.30. The Kier molecular flexibility index (Phi) is 9.96. The summed E-state index contributed by atoms with van der Waals surface area (Å²) in [6.45, 7) is 5.78. The zero-order valence-electron chi connectivity index (χ0n) is 23.6. The molecule has 5 amide bonds. The van der Waals surface area contributed by atoms with E-state index in [1.54, 1.807) is 24.3 Å². The summed E-state index contributed by atoms with van der Waals surface area (Å²) in [4.78, 5) is 43.5. The van der Waals surface area contributed by atoms with Gasteiger partial charge >= 0.3 is 18.4 Å². The molecule has 226 valence electrons. The Bertz CT molecular complexity index is 1510. The summed E-state index contributed by atoms with van der Waals surface area (Å²) in [6.07, 6.45) is -3.57. The number of ether oxygens (including phenoxy) is 1. The number of amidine groups is 1. The van der Waals surface area contributed by atoms with Crippen LogP contribution in [0.4, 0.5) is 39.8 Å². The van der Waals surface area contributed by atoms with E-state index in [4.69, 9.17) is 0 Å². The number of rotatable bonds is 8. The molecule has 1 saturated heterocycles. The number of halogens is 3. The number of amides is 5. The van der Waals surface area contributed by atoms with Gasteiger partial charge in [-0.2, -0.15) is 4.99 Å². The number of hydrogen-bond acceptors (Lipinski definition) is 5. The lowest BCUT2D eigenvalue weighted by Crippen LogP contribution is -2.35. The van der Waals surface area contributed by atoms with Crippen LogP contribution in [-0.2, 0) is 17.6 Å². The summed E-state index contributed by atoms with van der Waals surface area (Å²) in [5.74, 6) is -0.306. The lowest BCUT2D eigenvalue weighted by molar-refractivity contribution is -0.274. The highest BCUT2D eigenvalue weighted by atomic mass is 32.2. The molecule has 3 aromatic rings. The summed E-state index contributed by atoms with van der Waals surface area (Å²) < 4.78 is 40.7. The van der Waals surface area contributed by atoms with Gasteiger partial charge in [0.1, 0.15) is 5.75 Å². The number of para-hydroxylation sites is 1. The van der Waals surface area contributed by atoms with Gasteiger partial charge in [-0.25, -0.2) is 9.59 Å². The third-order valence-corrected chi connectivity index (χ3v) is 7.28. The molecule has 1 aliphatic rings. The van der Waals surface area contributed by atoms with Crippen molar-refractivity contribution in [2.24, 2.45) is 4.99 Å². The summed E-state index contributed by atoms with van der Waals surface area (Å²) in [7, 11) is 0. The summed E-state index contributed by atoms with van der Waals surface area (Å²) in [5, 5.41) is 8.37. The molecule has 43 heavy (non-hydrogen) atoms. The number of benzene rings is 3. The van der Waals surface area contributed by atoms with Gasteiger partial charge in [-0.1, -0.05) is 49.0 Å². The fourth-order valence-electron chi connectivity index (χ4n) is 4.48. The number of alkyl halides is 3. The molecule has 1 unspecified atom stereocenters. The van der Waals surface area contributed by atoms with Crippen molar-refractivity contribution in [3.63, 3.8) is 0 Å². The number of hydrogen-bond donors (Lipinski definition) is 3. The van der Waals surface area contributed by atoms with Crippen LogP contribution in [0, 0.1) is 6.92 Å². The van der Waals surface area contributed by atoms with Crippen LogP contribution < -0.4 is 25.6 Å². The average molecular weight is 614 g/mol. The number of anilines is 3. The molecule has 1 heterocycles. The molecule has 13 heteroatoms. The van der Waals surface area contributed by atoms with Crippen molar-refractivity contribution in [2.75, 3.05) is 21.3 Å². The number of carbonyl (C=O) groups excluding carboxylic acids is 3. The largest absolute Gasteiger partial charge is 0.573 e. The predicted octanol–water partition coefficient (Wildman–Crippen LogP) is 6.88. The van der Waals surface area contributed by atoms with E-state index in [-0.39, 0.29) is 23.4 Å². The molecular weight excluding hydrogens is 583 g/mol. The van der Waals surface area contributed by atoms with Gasteiger partial charge < -0.3 is 20.7 Å². The summed E-state index contributed by atoms with van der Waals surface area (Å²) in [6, 6.07) is 16.2.